The zero-order chi connectivity index (χ0) is 10.9. The number of rotatable bonds is 3. The largest absolute Gasteiger partial charge is 0.508 e. The molecule has 0 bridgehead atoms. The van der Waals surface area contributed by atoms with Crippen LogP contribution in [0.25, 0.3) is 0 Å². The zero-order valence-electron chi connectivity index (χ0n) is 9.46. The molecule has 1 aromatic carbocycles. The van der Waals surface area contributed by atoms with Gasteiger partial charge in [-0.2, -0.15) is 0 Å². The Bertz CT molecular complexity index is 342. The average molecular weight is 205 g/mol. The standard InChI is InChI=1S/C13H19NO/c1-10(2)9-13(7-8-14-13)11-5-3-4-6-12(11)15/h3-6,10,14-15H,7-9H2,1-2H3. The highest BCUT2D eigenvalue weighted by molar-refractivity contribution is 5.39. The first kappa shape index (κ1) is 10.5. The minimum Gasteiger partial charge on any atom is -0.508 e. The fraction of sp³-hybridized carbons (Fsp3) is 0.538. The van der Waals surface area contributed by atoms with Crippen molar-refractivity contribution in [1.29, 1.82) is 0 Å². The summed E-state index contributed by atoms with van der Waals surface area (Å²) in [6.45, 7) is 5.50. The lowest BCUT2D eigenvalue weighted by Gasteiger charge is -2.45. The first-order chi connectivity index (χ1) is 7.14. The van der Waals surface area contributed by atoms with Crippen molar-refractivity contribution in [1.82, 2.24) is 5.32 Å². The van der Waals surface area contributed by atoms with E-state index in [-0.39, 0.29) is 5.54 Å². The van der Waals surface area contributed by atoms with E-state index in [1.165, 1.54) is 0 Å². The number of aromatic hydroxyl groups is 1. The van der Waals surface area contributed by atoms with Crippen LogP contribution in [-0.2, 0) is 5.54 Å². The molecule has 82 valence electrons. The average Bonchev–Trinajstić information content (AvgIpc) is 2.12. The number of hydrogen-bond donors (Lipinski definition) is 2. The van der Waals surface area contributed by atoms with E-state index >= 15 is 0 Å². The molecule has 1 aliphatic rings. The molecule has 1 heterocycles. The summed E-state index contributed by atoms with van der Waals surface area (Å²) in [7, 11) is 0. The lowest BCUT2D eigenvalue weighted by Crippen LogP contribution is -2.54. The number of phenols is 1. The molecule has 2 heteroatoms. The van der Waals surface area contributed by atoms with Crippen molar-refractivity contribution in [2.45, 2.75) is 32.2 Å². The van der Waals surface area contributed by atoms with Crippen LogP contribution in [0.4, 0.5) is 0 Å². The van der Waals surface area contributed by atoms with E-state index in [9.17, 15) is 5.11 Å². The molecule has 0 spiro atoms. The highest BCUT2D eigenvalue weighted by Crippen LogP contribution is 2.41. The maximum atomic E-state index is 9.88. The Hall–Kier alpha value is -1.02. The van der Waals surface area contributed by atoms with Gasteiger partial charge in [0.25, 0.3) is 0 Å². The van der Waals surface area contributed by atoms with Crippen molar-refractivity contribution in [3.8, 4) is 5.75 Å². The number of phenolic OH excluding ortho intramolecular Hbond substituents is 1. The Morgan fingerprint density at radius 1 is 1.40 bits per heavy atom. The van der Waals surface area contributed by atoms with Gasteiger partial charge in [-0.05, 0) is 31.4 Å². The summed E-state index contributed by atoms with van der Waals surface area (Å²) in [6, 6.07) is 7.68. The van der Waals surface area contributed by atoms with Crippen LogP contribution in [0.3, 0.4) is 0 Å². The molecule has 15 heavy (non-hydrogen) atoms. The molecule has 1 atom stereocenters. The third kappa shape index (κ3) is 1.86. The number of nitrogens with one attached hydrogen (secondary N) is 1. The Balaban J connectivity index is 2.30. The van der Waals surface area contributed by atoms with E-state index in [1.807, 2.05) is 18.2 Å². The summed E-state index contributed by atoms with van der Waals surface area (Å²) >= 11 is 0. The summed E-state index contributed by atoms with van der Waals surface area (Å²) in [4.78, 5) is 0. The van der Waals surface area contributed by atoms with Crippen molar-refractivity contribution in [2.75, 3.05) is 6.54 Å². The lowest BCUT2D eigenvalue weighted by molar-refractivity contribution is 0.165. The van der Waals surface area contributed by atoms with Crippen LogP contribution in [0.15, 0.2) is 24.3 Å². The van der Waals surface area contributed by atoms with Gasteiger partial charge in [0.05, 0.1) is 0 Å². The summed E-state index contributed by atoms with van der Waals surface area (Å²) in [5.41, 5.74) is 1.09. The van der Waals surface area contributed by atoms with Gasteiger partial charge in [0, 0.05) is 11.1 Å². The molecule has 0 saturated carbocycles. The van der Waals surface area contributed by atoms with Crippen molar-refractivity contribution in [3.63, 3.8) is 0 Å². The first-order valence-electron chi connectivity index (χ1n) is 5.67. The van der Waals surface area contributed by atoms with Crippen LogP contribution >= 0.6 is 0 Å². The van der Waals surface area contributed by atoms with Gasteiger partial charge in [0.1, 0.15) is 5.75 Å². The molecule has 0 aromatic heterocycles. The highest BCUT2D eigenvalue weighted by atomic mass is 16.3. The van der Waals surface area contributed by atoms with Crippen LogP contribution in [-0.4, -0.2) is 11.7 Å². The van der Waals surface area contributed by atoms with Crippen LogP contribution in [0, 0.1) is 5.92 Å². The van der Waals surface area contributed by atoms with Crippen LogP contribution < -0.4 is 5.32 Å². The highest BCUT2D eigenvalue weighted by Gasteiger charge is 2.40. The SMILES string of the molecule is CC(C)CC1(c2ccccc2O)CCN1. The molecular formula is C13H19NO. The Kier molecular flexibility index (Phi) is 2.70. The Morgan fingerprint density at radius 3 is 2.53 bits per heavy atom. The van der Waals surface area contributed by atoms with Crippen molar-refractivity contribution in [2.24, 2.45) is 5.92 Å². The maximum Gasteiger partial charge on any atom is 0.120 e. The topological polar surface area (TPSA) is 32.3 Å². The minimum absolute atomic E-state index is 0.0273. The van der Waals surface area contributed by atoms with E-state index in [0.717, 1.165) is 24.9 Å². The monoisotopic (exact) mass is 205 g/mol. The predicted molar refractivity (Wildman–Crippen MR) is 61.9 cm³/mol. The summed E-state index contributed by atoms with van der Waals surface area (Å²) in [6.07, 6.45) is 2.22. The van der Waals surface area contributed by atoms with Gasteiger partial charge < -0.3 is 10.4 Å². The summed E-state index contributed by atoms with van der Waals surface area (Å²) < 4.78 is 0. The van der Waals surface area contributed by atoms with Gasteiger partial charge in [-0.3, -0.25) is 0 Å². The summed E-state index contributed by atoms with van der Waals surface area (Å²) in [5, 5.41) is 13.4. The van der Waals surface area contributed by atoms with Gasteiger partial charge >= 0.3 is 0 Å². The molecule has 2 N–H and O–H groups in total. The number of hydrogen-bond acceptors (Lipinski definition) is 2. The number of para-hydroxylation sites is 1. The lowest BCUT2D eigenvalue weighted by atomic mass is 9.75. The normalized spacial score (nSPS) is 25.3. The molecule has 1 aromatic rings. The fourth-order valence-electron chi connectivity index (χ4n) is 2.52. The second-order valence-corrected chi connectivity index (χ2v) is 4.87. The van der Waals surface area contributed by atoms with Crippen LogP contribution in [0.5, 0.6) is 5.75 Å². The summed E-state index contributed by atoms with van der Waals surface area (Å²) in [5.74, 6) is 1.06. The van der Waals surface area contributed by atoms with E-state index in [2.05, 4.69) is 19.2 Å². The van der Waals surface area contributed by atoms with Gasteiger partial charge in [-0.15, -0.1) is 0 Å². The van der Waals surface area contributed by atoms with Gasteiger partial charge in [-0.25, -0.2) is 0 Å². The Morgan fingerprint density at radius 2 is 2.07 bits per heavy atom. The van der Waals surface area contributed by atoms with E-state index in [4.69, 9.17) is 0 Å². The fourth-order valence-corrected chi connectivity index (χ4v) is 2.52. The third-order valence-electron chi connectivity index (χ3n) is 3.19. The molecule has 2 nitrogen and oxygen atoms in total. The van der Waals surface area contributed by atoms with E-state index in [0.29, 0.717) is 11.7 Å². The smallest absolute Gasteiger partial charge is 0.120 e. The number of benzene rings is 1. The Labute approximate surface area is 91.3 Å². The van der Waals surface area contributed by atoms with Crippen molar-refractivity contribution < 1.29 is 5.11 Å². The molecule has 0 amide bonds. The molecule has 1 unspecified atom stereocenters. The first-order valence-corrected chi connectivity index (χ1v) is 5.67. The van der Waals surface area contributed by atoms with Crippen molar-refractivity contribution in [3.05, 3.63) is 29.8 Å². The zero-order valence-corrected chi connectivity index (χ0v) is 9.46. The quantitative estimate of drug-likeness (QED) is 0.795. The minimum atomic E-state index is 0.0273. The van der Waals surface area contributed by atoms with Gasteiger partial charge in [0.2, 0.25) is 0 Å². The van der Waals surface area contributed by atoms with Crippen LogP contribution in [0.2, 0.25) is 0 Å². The molecule has 1 saturated heterocycles. The van der Waals surface area contributed by atoms with Crippen LogP contribution in [0.1, 0.15) is 32.3 Å². The second kappa shape index (κ2) is 3.86. The molecule has 0 radical (unpaired) electrons. The van der Waals surface area contributed by atoms with Gasteiger partial charge in [0.15, 0.2) is 0 Å². The molecular weight excluding hydrogens is 186 g/mol. The molecule has 2 rings (SSSR count). The second-order valence-electron chi connectivity index (χ2n) is 4.87. The maximum absolute atomic E-state index is 9.88. The third-order valence-corrected chi connectivity index (χ3v) is 3.19. The molecule has 1 aliphatic heterocycles. The van der Waals surface area contributed by atoms with E-state index in [1.54, 1.807) is 6.07 Å². The molecule has 0 aliphatic carbocycles. The van der Waals surface area contributed by atoms with Gasteiger partial charge in [-0.1, -0.05) is 32.0 Å². The molecule has 1 fully saturated rings. The van der Waals surface area contributed by atoms with Crippen molar-refractivity contribution >= 4 is 0 Å². The van der Waals surface area contributed by atoms with E-state index < -0.39 is 0 Å². The predicted octanol–water partition coefficient (Wildman–Crippen LogP) is 2.63.